The SMILES string of the molecule is CCNC(CCc1nccn1C)C(C)C(C)C. The first-order chi connectivity index (χ1) is 8.06. The minimum atomic E-state index is 0.594. The normalized spacial score (nSPS) is 15.2. The molecule has 0 aliphatic heterocycles. The third-order valence-electron chi connectivity index (χ3n) is 3.75. The molecule has 3 nitrogen and oxygen atoms in total. The van der Waals surface area contributed by atoms with Crippen LogP contribution < -0.4 is 5.32 Å². The molecule has 0 spiro atoms. The molecule has 1 N–H and O–H groups in total. The summed E-state index contributed by atoms with van der Waals surface area (Å²) in [7, 11) is 2.07. The van der Waals surface area contributed by atoms with Gasteiger partial charge in [0.1, 0.15) is 5.82 Å². The van der Waals surface area contributed by atoms with E-state index in [0.717, 1.165) is 25.3 Å². The number of nitrogens with zero attached hydrogens (tertiary/aromatic N) is 2. The molecule has 0 saturated heterocycles. The highest BCUT2D eigenvalue weighted by atomic mass is 15.0. The number of aryl methyl sites for hydroxylation is 2. The van der Waals surface area contributed by atoms with Crippen LogP contribution in [0.5, 0.6) is 0 Å². The maximum absolute atomic E-state index is 4.39. The van der Waals surface area contributed by atoms with Crippen LogP contribution in [-0.2, 0) is 13.5 Å². The van der Waals surface area contributed by atoms with Crippen LogP contribution in [0.2, 0.25) is 0 Å². The first kappa shape index (κ1) is 14.2. The van der Waals surface area contributed by atoms with Gasteiger partial charge in [0.05, 0.1) is 0 Å². The maximum atomic E-state index is 4.39. The number of hydrogen-bond acceptors (Lipinski definition) is 2. The standard InChI is InChI=1S/C14H27N3/c1-6-15-13(12(4)11(2)3)7-8-14-16-9-10-17(14)5/h9-13,15H,6-8H2,1-5H3. The Balaban J connectivity index is 2.52. The number of rotatable bonds is 7. The summed E-state index contributed by atoms with van der Waals surface area (Å²) in [5.74, 6) is 2.61. The van der Waals surface area contributed by atoms with Gasteiger partial charge in [0.15, 0.2) is 0 Å². The van der Waals surface area contributed by atoms with E-state index in [1.54, 1.807) is 0 Å². The molecule has 0 amide bonds. The van der Waals surface area contributed by atoms with Gasteiger partial charge in [-0.3, -0.25) is 0 Å². The molecule has 0 saturated carbocycles. The quantitative estimate of drug-likeness (QED) is 0.790. The first-order valence-corrected chi connectivity index (χ1v) is 6.75. The van der Waals surface area contributed by atoms with Gasteiger partial charge in [-0.25, -0.2) is 4.98 Å². The maximum Gasteiger partial charge on any atom is 0.108 e. The zero-order valence-corrected chi connectivity index (χ0v) is 11.9. The van der Waals surface area contributed by atoms with Crippen LogP contribution in [0.3, 0.4) is 0 Å². The summed E-state index contributed by atoms with van der Waals surface area (Å²) >= 11 is 0. The van der Waals surface area contributed by atoms with Crippen molar-refractivity contribution in [2.75, 3.05) is 6.54 Å². The second-order valence-corrected chi connectivity index (χ2v) is 5.26. The van der Waals surface area contributed by atoms with Crippen LogP contribution in [0.1, 0.15) is 39.9 Å². The van der Waals surface area contributed by atoms with Crippen molar-refractivity contribution < 1.29 is 0 Å². The highest BCUT2D eigenvalue weighted by Gasteiger charge is 2.19. The Bertz CT molecular complexity index is 317. The van der Waals surface area contributed by atoms with Gasteiger partial charge < -0.3 is 9.88 Å². The van der Waals surface area contributed by atoms with Crippen molar-refractivity contribution >= 4 is 0 Å². The highest BCUT2D eigenvalue weighted by Crippen LogP contribution is 2.18. The fraction of sp³-hybridized carbons (Fsp3) is 0.786. The summed E-state index contributed by atoms with van der Waals surface area (Å²) in [5.41, 5.74) is 0. The summed E-state index contributed by atoms with van der Waals surface area (Å²) in [4.78, 5) is 4.39. The molecule has 0 aliphatic carbocycles. The highest BCUT2D eigenvalue weighted by molar-refractivity contribution is 4.92. The van der Waals surface area contributed by atoms with Gasteiger partial charge >= 0.3 is 0 Å². The lowest BCUT2D eigenvalue weighted by atomic mass is 9.87. The molecule has 0 radical (unpaired) electrons. The summed E-state index contributed by atoms with van der Waals surface area (Å²) in [5, 5.41) is 3.61. The van der Waals surface area contributed by atoms with Gasteiger partial charge in [-0.1, -0.05) is 27.7 Å². The Hall–Kier alpha value is -0.830. The predicted octanol–water partition coefficient (Wildman–Crippen LogP) is 2.62. The Labute approximate surface area is 106 Å². The Kier molecular flexibility index (Phi) is 5.69. The van der Waals surface area contributed by atoms with E-state index in [1.807, 2.05) is 12.4 Å². The van der Waals surface area contributed by atoms with Crippen molar-refractivity contribution in [2.45, 2.75) is 46.6 Å². The zero-order chi connectivity index (χ0) is 12.8. The van der Waals surface area contributed by atoms with Crippen LogP contribution in [0.15, 0.2) is 12.4 Å². The van der Waals surface area contributed by atoms with Gasteiger partial charge in [-0.05, 0) is 24.8 Å². The molecule has 1 heterocycles. The smallest absolute Gasteiger partial charge is 0.108 e. The Morgan fingerprint density at radius 3 is 2.53 bits per heavy atom. The van der Waals surface area contributed by atoms with Crippen molar-refractivity contribution in [3.8, 4) is 0 Å². The lowest BCUT2D eigenvalue weighted by molar-refractivity contribution is 0.287. The molecule has 1 rings (SSSR count). The second kappa shape index (κ2) is 6.80. The van der Waals surface area contributed by atoms with E-state index in [-0.39, 0.29) is 0 Å². The fourth-order valence-electron chi connectivity index (χ4n) is 2.20. The van der Waals surface area contributed by atoms with Crippen LogP contribution in [0.4, 0.5) is 0 Å². The van der Waals surface area contributed by atoms with E-state index in [9.17, 15) is 0 Å². The number of imidazole rings is 1. The lowest BCUT2D eigenvalue weighted by Gasteiger charge is -2.27. The molecular formula is C14H27N3. The Morgan fingerprint density at radius 1 is 1.35 bits per heavy atom. The van der Waals surface area contributed by atoms with Crippen LogP contribution in [0, 0.1) is 11.8 Å². The molecule has 17 heavy (non-hydrogen) atoms. The van der Waals surface area contributed by atoms with Gasteiger partial charge in [0.2, 0.25) is 0 Å². The lowest BCUT2D eigenvalue weighted by Crippen LogP contribution is -2.37. The van der Waals surface area contributed by atoms with Crippen LogP contribution in [0.25, 0.3) is 0 Å². The number of aromatic nitrogens is 2. The minimum Gasteiger partial charge on any atom is -0.338 e. The molecule has 2 unspecified atom stereocenters. The van der Waals surface area contributed by atoms with E-state index in [1.165, 1.54) is 5.82 Å². The number of hydrogen-bond donors (Lipinski definition) is 1. The van der Waals surface area contributed by atoms with Crippen LogP contribution in [-0.4, -0.2) is 22.1 Å². The molecule has 1 aromatic heterocycles. The molecule has 98 valence electrons. The van der Waals surface area contributed by atoms with Crippen molar-refractivity contribution in [1.29, 1.82) is 0 Å². The largest absolute Gasteiger partial charge is 0.338 e. The third-order valence-corrected chi connectivity index (χ3v) is 3.75. The molecular weight excluding hydrogens is 210 g/mol. The van der Waals surface area contributed by atoms with Crippen molar-refractivity contribution in [3.05, 3.63) is 18.2 Å². The molecule has 3 heteroatoms. The topological polar surface area (TPSA) is 29.9 Å². The summed E-state index contributed by atoms with van der Waals surface area (Å²) < 4.78 is 2.11. The molecule has 0 fully saturated rings. The molecule has 0 bridgehead atoms. The minimum absolute atomic E-state index is 0.594. The zero-order valence-electron chi connectivity index (χ0n) is 11.9. The average Bonchev–Trinajstić information content (AvgIpc) is 2.69. The average molecular weight is 237 g/mol. The Morgan fingerprint density at radius 2 is 2.06 bits per heavy atom. The van der Waals surface area contributed by atoms with E-state index in [2.05, 4.69) is 49.6 Å². The van der Waals surface area contributed by atoms with E-state index >= 15 is 0 Å². The van der Waals surface area contributed by atoms with Crippen molar-refractivity contribution in [3.63, 3.8) is 0 Å². The van der Waals surface area contributed by atoms with E-state index < -0.39 is 0 Å². The summed E-state index contributed by atoms with van der Waals surface area (Å²) in [6, 6.07) is 0.594. The molecule has 2 atom stereocenters. The number of nitrogens with one attached hydrogen (secondary N) is 1. The second-order valence-electron chi connectivity index (χ2n) is 5.26. The van der Waals surface area contributed by atoms with E-state index in [0.29, 0.717) is 12.0 Å². The van der Waals surface area contributed by atoms with Gasteiger partial charge in [-0.2, -0.15) is 0 Å². The van der Waals surface area contributed by atoms with Gasteiger partial charge in [0, 0.05) is 31.9 Å². The first-order valence-electron chi connectivity index (χ1n) is 6.75. The summed E-state index contributed by atoms with van der Waals surface area (Å²) in [6.07, 6.45) is 6.11. The van der Waals surface area contributed by atoms with E-state index in [4.69, 9.17) is 0 Å². The van der Waals surface area contributed by atoms with Crippen molar-refractivity contribution in [1.82, 2.24) is 14.9 Å². The predicted molar refractivity (Wildman–Crippen MR) is 73.0 cm³/mol. The molecule has 1 aromatic rings. The summed E-state index contributed by atoms with van der Waals surface area (Å²) in [6.45, 7) is 10.2. The monoisotopic (exact) mass is 237 g/mol. The molecule has 0 aliphatic rings. The fourth-order valence-corrected chi connectivity index (χ4v) is 2.20. The van der Waals surface area contributed by atoms with Crippen LogP contribution >= 0.6 is 0 Å². The van der Waals surface area contributed by atoms with Crippen molar-refractivity contribution in [2.24, 2.45) is 18.9 Å². The molecule has 0 aromatic carbocycles. The van der Waals surface area contributed by atoms with Gasteiger partial charge in [0.25, 0.3) is 0 Å². The third kappa shape index (κ3) is 4.15. The van der Waals surface area contributed by atoms with Gasteiger partial charge in [-0.15, -0.1) is 0 Å².